The molecule has 0 aliphatic rings. The van der Waals surface area contributed by atoms with E-state index in [1.165, 1.54) is 6.20 Å². The van der Waals surface area contributed by atoms with Crippen LogP contribution in [0.2, 0.25) is 5.02 Å². The summed E-state index contributed by atoms with van der Waals surface area (Å²) in [6.45, 7) is 0. The van der Waals surface area contributed by atoms with E-state index in [0.717, 1.165) is 10.9 Å². The number of aromatic carboxylic acids is 1. The molecule has 1 aromatic carbocycles. The van der Waals surface area contributed by atoms with Gasteiger partial charge in [-0.15, -0.1) is 0 Å². The molecule has 3 aromatic rings. The predicted molar refractivity (Wildman–Crippen MR) is 70.4 cm³/mol. The zero-order valence-electron chi connectivity index (χ0n) is 9.92. The van der Waals surface area contributed by atoms with Crippen LogP contribution < -0.4 is 0 Å². The molecule has 19 heavy (non-hydrogen) atoms. The Morgan fingerprint density at radius 3 is 3.00 bits per heavy atom. The van der Waals surface area contributed by atoms with E-state index in [1.807, 2.05) is 23.7 Å². The molecule has 5 nitrogen and oxygen atoms in total. The number of aryl methyl sites for hydroxylation is 1. The van der Waals surface area contributed by atoms with Crippen LogP contribution in [0, 0.1) is 0 Å². The number of nitrogens with zero attached hydrogens (tertiary/aromatic N) is 2. The highest BCUT2D eigenvalue weighted by Crippen LogP contribution is 2.36. The molecule has 0 saturated carbocycles. The van der Waals surface area contributed by atoms with Gasteiger partial charge >= 0.3 is 5.97 Å². The lowest BCUT2D eigenvalue weighted by Crippen LogP contribution is -1.95. The lowest BCUT2D eigenvalue weighted by Gasteiger charge is -1.98. The summed E-state index contributed by atoms with van der Waals surface area (Å²) < 4.78 is 6.95. The van der Waals surface area contributed by atoms with Gasteiger partial charge in [0, 0.05) is 24.2 Å². The molecule has 0 aliphatic heterocycles. The average Bonchev–Trinajstić information content (AvgIpc) is 2.95. The van der Waals surface area contributed by atoms with Crippen molar-refractivity contribution < 1.29 is 14.4 Å². The number of halogens is 1. The summed E-state index contributed by atoms with van der Waals surface area (Å²) in [4.78, 5) is 11.1. The number of carbonyl (C=O) groups is 1. The zero-order chi connectivity index (χ0) is 13.6. The summed E-state index contributed by atoms with van der Waals surface area (Å²) in [5.41, 5.74) is 1.54. The lowest BCUT2D eigenvalue weighted by atomic mass is 10.1. The van der Waals surface area contributed by atoms with Crippen LogP contribution in [0.5, 0.6) is 0 Å². The summed E-state index contributed by atoms with van der Waals surface area (Å²) in [5, 5.41) is 14.0. The summed E-state index contributed by atoms with van der Waals surface area (Å²) in [7, 11) is 1.86. The van der Waals surface area contributed by atoms with Crippen LogP contribution in [0.25, 0.3) is 22.2 Å². The first kappa shape index (κ1) is 11.8. The van der Waals surface area contributed by atoms with Gasteiger partial charge in [0.05, 0.1) is 16.7 Å². The van der Waals surface area contributed by atoms with Gasteiger partial charge < -0.3 is 14.2 Å². The van der Waals surface area contributed by atoms with Crippen molar-refractivity contribution in [2.45, 2.75) is 0 Å². The Morgan fingerprint density at radius 1 is 1.47 bits per heavy atom. The van der Waals surface area contributed by atoms with Gasteiger partial charge in [-0.05, 0) is 12.1 Å². The SMILES string of the molecule is Cn1cc(-c2oncc2C(=O)O)c2c(Cl)cccc21. The van der Waals surface area contributed by atoms with E-state index in [-0.39, 0.29) is 11.3 Å². The van der Waals surface area contributed by atoms with Crippen LogP contribution in [0.15, 0.2) is 35.1 Å². The molecule has 0 fully saturated rings. The third kappa shape index (κ3) is 1.70. The molecule has 3 rings (SSSR count). The predicted octanol–water partition coefficient (Wildman–Crippen LogP) is 3.18. The third-order valence-electron chi connectivity index (χ3n) is 3.01. The topological polar surface area (TPSA) is 68.3 Å². The van der Waals surface area contributed by atoms with Gasteiger partial charge in [0.1, 0.15) is 5.56 Å². The zero-order valence-corrected chi connectivity index (χ0v) is 10.7. The first-order valence-corrected chi connectivity index (χ1v) is 5.89. The minimum Gasteiger partial charge on any atom is -0.477 e. The molecule has 1 N–H and O–H groups in total. The monoisotopic (exact) mass is 276 g/mol. The largest absolute Gasteiger partial charge is 0.477 e. The van der Waals surface area contributed by atoms with Crippen molar-refractivity contribution >= 4 is 28.5 Å². The highest BCUT2D eigenvalue weighted by molar-refractivity contribution is 6.36. The lowest BCUT2D eigenvalue weighted by molar-refractivity contribution is 0.0697. The molecule has 96 valence electrons. The molecule has 0 saturated heterocycles. The third-order valence-corrected chi connectivity index (χ3v) is 3.32. The Balaban J connectivity index is 2.37. The smallest absolute Gasteiger partial charge is 0.341 e. The molecule has 0 bridgehead atoms. The maximum atomic E-state index is 11.1. The molecule has 0 spiro atoms. The van der Waals surface area contributed by atoms with Crippen molar-refractivity contribution in [1.29, 1.82) is 0 Å². The van der Waals surface area contributed by atoms with Crippen LogP contribution in [0.4, 0.5) is 0 Å². The molecule has 2 aromatic heterocycles. The quantitative estimate of drug-likeness (QED) is 0.780. The summed E-state index contributed by atoms with van der Waals surface area (Å²) in [5.74, 6) is -0.869. The highest BCUT2D eigenvalue weighted by atomic mass is 35.5. The van der Waals surface area contributed by atoms with Gasteiger partial charge in [0.15, 0.2) is 5.76 Å². The number of benzene rings is 1. The standard InChI is InChI=1S/C13H9ClN2O3/c1-16-6-8(11-9(14)3-2-4-10(11)16)12-7(13(17)18)5-15-19-12/h2-6H,1H3,(H,17,18). The Morgan fingerprint density at radius 2 is 2.26 bits per heavy atom. The fourth-order valence-corrected chi connectivity index (χ4v) is 2.43. The van der Waals surface area contributed by atoms with E-state index in [9.17, 15) is 4.79 Å². The number of carboxylic acids is 1. The Kier molecular flexibility index (Phi) is 2.57. The van der Waals surface area contributed by atoms with Crippen molar-refractivity contribution in [1.82, 2.24) is 9.72 Å². The maximum absolute atomic E-state index is 11.1. The second-order valence-electron chi connectivity index (χ2n) is 4.16. The van der Waals surface area contributed by atoms with Gasteiger partial charge in [-0.25, -0.2) is 4.79 Å². The van der Waals surface area contributed by atoms with E-state index in [2.05, 4.69) is 5.16 Å². The molecule has 0 radical (unpaired) electrons. The normalized spacial score (nSPS) is 11.1. The Labute approximate surface area is 113 Å². The summed E-state index contributed by atoms with van der Waals surface area (Å²) >= 11 is 6.20. The van der Waals surface area contributed by atoms with Crippen LogP contribution in [0.3, 0.4) is 0 Å². The second-order valence-corrected chi connectivity index (χ2v) is 4.57. The number of hydrogen-bond acceptors (Lipinski definition) is 3. The van der Waals surface area contributed by atoms with Crippen LogP contribution in [-0.2, 0) is 7.05 Å². The highest BCUT2D eigenvalue weighted by Gasteiger charge is 2.21. The minimum absolute atomic E-state index is 0.0208. The molecular formula is C13H9ClN2O3. The van der Waals surface area contributed by atoms with E-state index in [1.54, 1.807) is 12.3 Å². The number of fused-ring (bicyclic) bond motifs is 1. The molecule has 6 heteroatoms. The summed E-state index contributed by atoms with van der Waals surface area (Å²) in [6, 6.07) is 5.50. The number of rotatable bonds is 2. The van der Waals surface area contributed by atoms with Gasteiger partial charge in [-0.2, -0.15) is 0 Å². The fraction of sp³-hybridized carbons (Fsp3) is 0.0769. The van der Waals surface area contributed by atoms with Crippen LogP contribution in [-0.4, -0.2) is 20.8 Å². The van der Waals surface area contributed by atoms with Gasteiger partial charge in [-0.1, -0.05) is 22.8 Å². The Hall–Kier alpha value is -2.27. The van der Waals surface area contributed by atoms with Crippen molar-refractivity contribution in [2.24, 2.45) is 7.05 Å². The van der Waals surface area contributed by atoms with E-state index in [4.69, 9.17) is 21.2 Å². The van der Waals surface area contributed by atoms with E-state index < -0.39 is 5.97 Å². The van der Waals surface area contributed by atoms with Gasteiger partial charge in [0.25, 0.3) is 0 Å². The number of hydrogen-bond donors (Lipinski definition) is 1. The summed E-state index contributed by atoms with van der Waals surface area (Å²) in [6.07, 6.45) is 2.97. The first-order chi connectivity index (χ1) is 9.09. The van der Waals surface area contributed by atoms with Crippen molar-refractivity contribution in [3.8, 4) is 11.3 Å². The minimum atomic E-state index is -1.08. The molecule has 2 heterocycles. The van der Waals surface area contributed by atoms with E-state index >= 15 is 0 Å². The van der Waals surface area contributed by atoms with Crippen molar-refractivity contribution in [3.63, 3.8) is 0 Å². The van der Waals surface area contributed by atoms with Gasteiger partial charge in [0.2, 0.25) is 0 Å². The molecule has 0 unspecified atom stereocenters. The molecule has 0 aliphatic carbocycles. The molecular weight excluding hydrogens is 268 g/mol. The van der Waals surface area contributed by atoms with Gasteiger partial charge in [-0.3, -0.25) is 0 Å². The number of carboxylic acid groups (broad SMARTS) is 1. The van der Waals surface area contributed by atoms with Crippen molar-refractivity contribution in [3.05, 3.63) is 41.2 Å². The molecule has 0 atom stereocenters. The van der Waals surface area contributed by atoms with Crippen LogP contribution in [0.1, 0.15) is 10.4 Å². The second kappa shape index (κ2) is 4.13. The average molecular weight is 277 g/mol. The van der Waals surface area contributed by atoms with Crippen molar-refractivity contribution in [2.75, 3.05) is 0 Å². The van der Waals surface area contributed by atoms with Crippen LogP contribution >= 0.6 is 11.6 Å². The molecule has 0 amide bonds. The van der Waals surface area contributed by atoms with E-state index in [0.29, 0.717) is 10.6 Å². The first-order valence-electron chi connectivity index (χ1n) is 5.51. The Bertz CT molecular complexity index is 788. The fourth-order valence-electron chi connectivity index (χ4n) is 2.16. The number of aromatic nitrogens is 2. The maximum Gasteiger partial charge on any atom is 0.341 e.